The van der Waals surface area contributed by atoms with Crippen molar-refractivity contribution >= 4 is 77.2 Å². The summed E-state index contributed by atoms with van der Waals surface area (Å²) in [6.07, 6.45) is 0. The highest BCUT2D eigenvalue weighted by atomic mass is 32.2. The van der Waals surface area contributed by atoms with Crippen LogP contribution in [0.4, 0.5) is 17.1 Å². The molecule has 0 fully saturated rings. The van der Waals surface area contributed by atoms with E-state index < -0.39 is 43.8 Å². The van der Waals surface area contributed by atoms with Gasteiger partial charge in [0.2, 0.25) is 0 Å². The van der Waals surface area contributed by atoms with E-state index in [0.29, 0.717) is 16.5 Å². The molecule has 12 heteroatoms. The SMILES string of the molecule is CCn1c2ccccc2c2cc(NC(=O)c3cc4ccccc4c(N=Nc4cccc5c4C(=O)c4cccc(S(=O)(=O)O)c4C5=O)c3O)ccc21. The molecule has 7 aromatic rings. The molecule has 1 aromatic heterocycles. The summed E-state index contributed by atoms with van der Waals surface area (Å²) in [7, 11) is -4.81. The van der Waals surface area contributed by atoms with Crippen LogP contribution in [0.2, 0.25) is 0 Å². The molecule has 250 valence electrons. The number of benzene rings is 6. The van der Waals surface area contributed by atoms with Crippen LogP contribution in [0.1, 0.15) is 49.1 Å². The molecule has 1 amide bonds. The van der Waals surface area contributed by atoms with Crippen molar-refractivity contribution in [2.75, 3.05) is 5.32 Å². The second-order valence-electron chi connectivity index (χ2n) is 12.0. The van der Waals surface area contributed by atoms with Gasteiger partial charge in [-0.3, -0.25) is 18.9 Å². The van der Waals surface area contributed by atoms with Gasteiger partial charge in [0.25, 0.3) is 16.0 Å². The molecule has 0 spiro atoms. The van der Waals surface area contributed by atoms with Crippen LogP contribution in [-0.2, 0) is 16.7 Å². The van der Waals surface area contributed by atoms with Crippen LogP contribution < -0.4 is 5.32 Å². The van der Waals surface area contributed by atoms with E-state index in [-0.39, 0.29) is 33.6 Å². The fraction of sp³-hybridized carbons (Fsp3) is 0.0513. The van der Waals surface area contributed by atoms with Gasteiger partial charge in [-0.1, -0.05) is 66.7 Å². The summed E-state index contributed by atoms with van der Waals surface area (Å²) < 4.78 is 36.0. The van der Waals surface area contributed by atoms with E-state index in [0.717, 1.165) is 34.4 Å². The molecule has 1 aliphatic carbocycles. The minimum atomic E-state index is -4.81. The first-order chi connectivity index (χ1) is 24.6. The lowest BCUT2D eigenvalue weighted by Crippen LogP contribution is -2.23. The van der Waals surface area contributed by atoms with Gasteiger partial charge in [-0.2, -0.15) is 8.42 Å². The van der Waals surface area contributed by atoms with Crippen molar-refractivity contribution in [3.8, 4) is 5.75 Å². The molecule has 3 N–H and O–H groups in total. The maximum Gasteiger partial charge on any atom is 0.295 e. The van der Waals surface area contributed by atoms with Crippen LogP contribution in [0.5, 0.6) is 5.75 Å². The maximum atomic E-state index is 13.8. The number of nitrogens with one attached hydrogen (secondary N) is 1. The maximum absolute atomic E-state index is 13.8. The summed E-state index contributed by atoms with van der Waals surface area (Å²) in [5, 5.41) is 26.1. The van der Waals surface area contributed by atoms with Gasteiger partial charge in [0.05, 0.1) is 22.4 Å². The quantitative estimate of drug-likeness (QED) is 0.116. The van der Waals surface area contributed by atoms with Crippen molar-refractivity contribution in [1.29, 1.82) is 0 Å². The molecular weight excluding hydrogens is 669 g/mol. The van der Waals surface area contributed by atoms with E-state index in [1.54, 1.807) is 36.4 Å². The Morgan fingerprint density at radius 1 is 0.745 bits per heavy atom. The summed E-state index contributed by atoms with van der Waals surface area (Å²) in [6, 6.07) is 30.1. The van der Waals surface area contributed by atoms with Gasteiger partial charge >= 0.3 is 0 Å². The van der Waals surface area contributed by atoms with Gasteiger partial charge in [-0.15, -0.1) is 10.2 Å². The number of aryl methyl sites for hydroxylation is 1. The van der Waals surface area contributed by atoms with Crippen molar-refractivity contribution < 1.29 is 32.5 Å². The number of phenolic OH excluding ortho intramolecular Hbond substituents is 1. The number of ketones is 2. The van der Waals surface area contributed by atoms with Gasteiger partial charge in [0.15, 0.2) is 17.3 Å². The van der Waals surface area contributed by atoms with Gasteiger partial charge < -0.3 is 15.0 Å². The molecule has 1 heterocycles. The Hall–Kier alpha value is -6.50. The molecule has 0 unspecified atom stereocenters. The zero-order valence-electron chi connectivity index (χ0n) is 26.8. The largest absolute Gasteiger partial charge is 0.505 e. The highest BCUT2D eigenvalue weighted by molar-refractivity contribution is 7.86. The fourth-order valence-corrected chi connectivity index (χ4v) is 7.57. The zero-order valence-corrected chi connectivity index (χ0v) is 27.6. The van der Waals surface area contributed by atoms with Gasteiger partial charge in [0, 0.05) is 50.6 Å². The Kier molecular flexibility index (Phi) is 7.36. The minimum Gasteiger partial charge on any atom is -0.505 e. The van der Waals surface area contributed by atoms with Crippen LogP contribution in [-0.4, -0.2) is 40.1 Å². The summed E-state index contributed by atoms with van der Waals surface area (Å²) >= 11 is 0. The average Bonchev–Trinajstić information content (AvgIpc) is 3.45. The third-order valence-corrected chi connectivity index (χ3v) is 10.0. The second kappa shape index (κ2) is 11.8. The van der Waals surface area contributed by atoms with Crippen molar-refractivity contribution in [3.05, 3.63) is 137 Å². The normalized spacial score (nSPS) is 12.9. The molecular formula is C39H26N4O7S. The molecule has 0 bridgehead atoms. The smallest absolute Gasteiger partial charge is 0.295 e. The van der Waals surface area contributed by atoms with E-state index in [4.69, 9.17) is 0 Å². The second-order valence-corrected chi connectivity index (χ2v) is 13.4. The van der Waals surface area contributed by atoms with Crippen molar-refractivity contribution in [2.45, 2.75) is 18.4 Å². The van der Waals surface area contributed by atoms with E-state index in [1.165, 1.54) is 30.3 Å². The summed E-state index contributed by atoms with van der Waals surface area (Å²) in [4.78, 5) is 40.3. The van der Waals surface area contributed by atoms with Crippen molar-refractivity contribution in [2.24, 2.45) is 10.2 Å². The Labute approximate surface area is 290 Å². The van der Waals surface area contributed by atoms with Crippen LogP contribution in [0.15, 0.2) is 124 Å². The monoisotopic (exact) mass is 694 g/mol. The lowest BCUT2D eigenvalue weighted by atomic mass is 9.83. The third kappa shape index (κ3) is 5.07. The molecule has 8 rings (SSSR count). The summed E-state index contributed by atoms with van der Waals surface area (Å²) in [5.74, 6) is -2.51. The molecule has 6 aromatic carbocycles. The Bertz CT molecular complexity index is 2820. The number of fused-ring (bicyclic) bond motifs is 6. The molecule has 0 saturated carbocycles. The highest BCUT2D eigenvalue weighted by Gasteiger charge is 2.36. The Morgan fingerprint density at radius 2 is 1.41 bits per heavy atom. The number of anilines is 1. The number of hydrogen-bond acceptors (Lipinski definition) is 8. The number of carbonyl (C=O) groups is 3. The van der Waals surface area contributed by atoms with Crippen molar-refractivity contribution in [1.82, 2.24) is 4.57 Å². The first-order valence-electron chi connectivity index (χ1n) is 15.9. The summed E-state index contributed by atoms with van der Waals surface area (Å²) in [6.45, 7) is 2.85. The fourth-order valence-electron chi connectivity index (χ4n) is 6.86. The van der Waals surface area contributed by atoms with Crippen LogP contribution in [0.3, 0.4) is 0 Å². The molecule has 1 aliphatic rings. The molecule has 0 radical (unpaired) electrons. The first-order valence-corrected chi connectivity index (χ1v) is 17.3. The number of para-hydroxylation sites is 1. The molecule has 0 saturated heterocycles. The predicted molar refractivity (Wildman–Crippen MR) is 192 cm³/mol. The average molecular weight is 695 g/mol. The Balaban J connectivity index is 1.19. The van der Waals surface area contributed by atoms with E-state index in [1.807, 2.05) is 30.3 Å². The number of hydrogen-bond donors (Lipinski definition) is 3. The number of carbonyl (C=O) groups excluding carboxylic acids is 3. The van der Waals surface area contributed by atoms with E-state index in [2.05, 4.69) is 33.1 Å². The zero-order chi connectivity index (χ0) is 35.6. The standard InChI is InChI=1S/C39H26N4O7S/c1-2-43-30-15-6-5-11-24(30)27-20-22(17-18-31(27)43)40-39(47)28-19-21-9-3-4-10-23(21)35(38(28)46)42-41-29-14-7-12-25-33(29)36(44)26-13-8-16-32(51(48,49)50)34(26)37(25)45/h3-20,46H,2H2,1H3,(H,40,47)(H,48,49,50). The number of aromatic hydroxyl groups is 1. The van der Waals surface area contributed by atoms with Crippen LogP contribution in [0.25, 0.3) is 32.6 Å². The number of nitrogens with zero attached hydrogens (tertiary/aromatic N) is 3. The number of azo groups is 1. The van der Waals surface area contributed by atoms with E-state index >= 15 is 0 Å². The highest BCUT2D eigenvalue weighted by Crippen LogP contribution is 2.42. The lowest BCUT2D eigenvalue weighted by Gasteiger charge is -2.20. The van der Waals surface area contributed by atoms with E-state index in [9.17, 15) is 32.5 Å². The van der Waals surface area contributed by atoms with Gasteiger partial charge in [-0.25, -0.2) is 0 Å². The predicted octanol–water partition coefficient (Wildman–Crippen LogP) is 8.36. The topological polar surface area (TPSA) is 167 Å². The minimum absolute atomic E-state index is 0.0216. The molecule has 51 heavy (non-hydrogen) atoms. The van der Waals surface area contributed by atoms with Crippen LogP contribution >= 0.6 is 0 Å². The molecule has 0 aliphatic heterocycles. The van der Waals surface area contributed by atoms with Gasteiger partial charge in [-0.05, 0) is 54.8 Å². The van der Waals surface area contributed by atoms with Gasteiger partial charge in [0.1, 0.15) is 10.6 Å². The molecule has 11 nitrogen and oxygen atoms in total. The number of aromatic nitrogens is 1. The first kappa shape index (κ1) is 31.7. The number of phenols is 1. The third-order valence-electron chi connectivity index (χ3n) is 9.13. The lowest BCUT2D eigenvalue weighted by molar-refractivity contribution is 0.0977. The number of amides is 1. The Morgan fingerprint density at radius 3 is 2.18 bits per heavy atom. The van der Waals surface area contributed by atoms with Crippen molar-refractivity contribution in [3.63, 3.8) is 0 Å². The number of rotatable bonds is 6. The summed E-state index contributed by atoms with van der Waals surface area (Å²) in [5.41, 5.74) is 1.62. The molecule has 0 atom stereocenters. The van der Waals surface area contributed by atoms with Crippen LogP contribution in [0, 0.1) is 0 Å².